The summed E-state index contributed by atoms with van der Waals surface area (Å²) in [7, 11) is 0. The van der Waals surface area contributed by atoms with Gasteiger partial charge in [0.25, 0.3) is 0 Å². The molecule has 0 aromatic heterocycles. The Balaban J connectivity index is 1.71. The molecule has 3 atom stereocenters. The summed E-state index contributed by atoms with van der Waals surface area (Å²) >= 11 is 0. The van der Waals surface area contributed by atoms with Crippen LogP contribution in [-0.2, 0) is 14.3 Å². The Morgan fingerprint density at radius 3 is 2.87 bits per heavy atom. The molecule has 0 radical (unpaired) electrons. The molecule has 2 rings (SSSR count). The molecule has 3 unspecified atom stereocenters. The van der Waals surface area contributed by atoms with Gasteiger partial charge in [-0.15, -0.1) is 0 Å². The Kier molecular flexibility index (Phi) is 3.59. The first-order valence-corrected chi connectivity index (χ1v) is 5.77. The lowest BCUT2D eigenvalue weighted by atomic mass is 10.1. The highest BCUT2D eigenvalue weighted by molar-refractivity contribution is 5.73. The maximum atomic E-state index is 11.7. The lowest BCUT2D eigenvalue weighted by molar-refractivity contribution is -0.150. The monoisotopic (exact) mass is 213 g/mol. The van der Waals surface area contributed by atoms with Crippen LogP contribution in [-0.4, -0.2) is 31.8 Å². The Bertz CT molecular complexity index is 226. The van der Waals surface area contributed by atoms with E-state index in [1.807, 2.05) is 0 Å². The zero-order valence-corrected chi connectivity index (χ0v) is 8.98. The van der Waals surface area contributed by atoms with E-state index < -0.39 is 0 Å². The molecule has 2 aliphatic rings. The summed E-state index contributed by atoms with van der Waals surface area (Å²) in [5.41, 5.74) is 5.84. The van der Waals surface area contributed by atoms with E-state index in [1.165, 1.54) is 0 Å². The molecule has 15 heavy (non-hydrogen) atoms. The minimum atomic E-state index is -0.105. The molecule has 0 spiro atoms. The van der Waals surface area contributed by atoms with Crippen molar-refractivity contribution in [3.05, 3.63) is 0 Å². The third kappa shape index (κ3) is 2.69. The number of esters is 1. The van der Waals surface area contributed by atoms with Crippen molar-refractivity contribution in [2.75, 3.05) is 19.8 Å². The summed E-state index contributed by atoms with van der Waals surface area (Å²) < 4.78 is 10.5. The number of rotatable bonds is 3. The number of ether oxygens (including phenoxy) is 2. The van der Waals surface area contributed by atoms with Crippen molar-refractivity contribution in [3.63, 3.8) is 0 Å². The minimum absolute atomic E-state index is 0.0114. The van der Waals surface area contributed by atoms with E-state index in [0.29, 0.717) is 12.5 Å². The fourth-order valence-corrected chi connectivity index (χ4v) is 2.30. The van der Waals surface area contributed by atoms with Gasteiger partial charge in [0.15, 0.2) is 0 Å². The van der Waals surface area contributed by atoms with Crippen molar-refractivity contribution in [2.24, 2.45) is 17.6 Å². The number of nitrogens with two attached hydrogens (primary N) is 1. The SMILES string of the molecule is NC1CCCC1C(=O)OCC1CCOC1. The van der Waals surface area contributed by atoms with Crippen LogP contribution < -0.4 is 5.73 Å². The molecule has 2 N–H and O–H groups in total. The Morgan fingerprint density at radius 1 is 1.40 bits per heavy atom. The van der Waals surface area contributed by atoms with Gasteiger partial charge in [0.05, 0.1) is 19.1 Å². The molecule has 86 valence electrons. The van der Waals surface area contributed by atoms with Crippen LogP contribution >= 0.6 is 0 Å². The summed E-state index contributed by atoms with van der Waals surface area (Å²) in [6, 6.07) is 0.0114. The second kappa shape index (κ2) is 4.94. The van der Waals surface area contributed by atoms with E-state index in [-0.39, 0.29) is 17.9 Å². The zero-order valence-electron chi connectivity index (χ0n) is 8.98. The molecule has 0 amide bonds. The van der Waals surface area contributed by atoms with Crippen LogP contribution in [0.5, 0.6) is 0 Å². The van der Waals surface area contributed by atoms with Crippen LogP contribution in [0, 0.1) is 11.8 Å². The molecule has 2 fully saturated rings. The minimum Gasteiger partial charge on any atom is -0.465 e. The molecule has 0 aromatic rings. The molecule has 1 heterocycles. The molecule has 1 saturated heterocycles. The van der Waals surface area contributed by atoms with Gasteiger partial charge >= 0.3 is 5.97 Å². The van der Waals surface area contributed by atoms with Gasteiger partial charge < -0.3 is 15.2 Å². The fourth-order valence-electron chi connectivity index (χ4n) is 2.30. The van der Waals surface area contributed by atoms with Gasteiger partial charge in [-0.1, -0.05) is 6.42 Å². The fraction of sp³-hybridized carbons (Fsp3) is 0.909. The van der Waals surface area contributed by atoms with Crippen molar-refractivity contribution in [1.29, 1.82) is 0 Å². The largest absolute Gasteiger partial charge is 0.465 e. The molecule has 1 aliphatic carbocycles. The van der Waals surface area contributed by atoms with Crippen LogP contribution in [0.4, 0.5) is 0 Å². The zero-order chi connectivity index (χ0) is 10.7. The van der Waals surface area contributed by atoms with E-state index in [9.17, 15) is 4.79 Å². The van der Waals surface area contributed by atoms with Crippen LogP contribution in [0.25, 0.3) is 0 Å². The molecular weight excluding hydrogens is 194 g/mol. The predicted molar refractivity (Wildman–Crippen MR) is 55.2 cm³/mol. The molecule has 1 saturated carbocycles. The molecule has 4 nitrogen and oxygen atoms in total. The highest BCUT2D eigenvalue weighted by Crippen LogP contribution is 2.25. The lowest BCUT2D eigenvalue weighted by Gasteiger charge is -2.15. The molecule has 0 aromatic carbocycles. The standard InChI is InChI=1S/C11H19NO3/c12-10-3-1-2-9(10)11(13)15-7-8-4-5-14-6-8/h8-10H,1-7,12H2. The molecule has 1 aliphatic heterocycles. The number of carbonyl (C=O) groups excluding carboxylic acids is 1. The Hall–Kier alpha value is -0.610. The van der Waals surface area contributed by atoms with E-state index in [0.717, 1.165) is 38.9 Å². The van der Waals surface area contributed by atoms with Crippen LogP contribution in [0.3, 0.4) is 0 Å². The van der Waals surface area contributed by atoms with Gasteiger partial charge in [-0.2, -0.15) is 0 Å². The third-order valence-corrected chi connectivity index (χ3v) is 3.36. The maximum Gasteiger partial charge on any atom is 0.310 e. The van der Waals surface area contributed by atoms with Crippen molar-refractivity contribution in [3.8, 4) is 0 Å². The van der Waals surface area contributed by atoms with Crippen LogP contribution in [0.1, 0.15) is 25.7 Å². The summed E-state index contributed by atoms with van der Waals surface area (Å²) in [5, 5.41) is 0. The average Bonchev–Trinajstić information content (AvgIpc) is 2.84. The second-order valence-corrected chi connectivity index (χ2v) is 4.56. The highest BCUT2D eigenvalue weighted by Gasteiger charge is 2.32. The summed E-state index contributed by atoms with van der Waals surface area (Å²) in [4.78, 5) is 11.7. The van der Waals surface area contributed by atoms with Gasteiger partial charge in [0.1, 0.15) is 0 Å². The molecule has 4 heteroatoms. The van der Waals surface area contributed by atoms with Crippen molar-refractivity contribution in [1.82, 2.24) is 0 Å². The van der Waals surface area contributed by atoms with E-state index in [2.05, 4.69) is 0 Å². The smallest absolute Gasteiger partial charge is 0.310 e. The molecular formula is C11H19NO3. The normalized spacial score (nSPS) is 35.7. The topological polar surface area (TPSA) is 61.6 Å². The van der Waals surface area contributed by atoms with Gasteiger partial charge in [0.2, 0.25) is 0 Å². The van der Waals surface area contributed by atoms with Crippen molar-refractivity contribution < 1.29 is 14.3 Å². The summed E-state index contributed by atoms with van der Waals surface area (Å²) in [5.74, 6) is 0.228. The Labute approximate surface area is 90.1 Å². The average molecular weight is 213 g/mol. The number of hydrogen-bond donors (Lipinski definition) is 1. The summed E-state index contributed by atoms with van der Waals surface area (Å²) in [6.07, 6.45) is 3.89. The van der Waals surface area contributed by atoms with Gasteiger partial charge in [-0.05, 0) is 19.3 Å². The number of hydrogen-bond acceptors (Lipinski definition) is 4. The first-order valence-electron chi connectivity index (χ1n) is 5.77. The van der Waals surface area contributed by atoms with E-state index >= 15 is 0 Å². The first-order chi connectivity index (χ1) is 7.27. The van der Waals surface area contributed by atoms with E-state index in [1.54, 1.807) is 0 Å². The van der Waals surface area contributed by atoms with Gasteiger partial charge in [-0.25, -0.2) is 0 Å². The maximum absolute atomic E-state index is 11.7. The lowest BCUT2D eigenvalue weighted by Crippen LogP contribution is -2.32. The molecule has 0 bridgehead atoms. The van der Waals surface area contributed by atoms with E-state index in [4.69, 9.17) is 15.2 Å². The van der Waals surface area contributed by atoms with Crippen LogP contribution in [0.15, 0.2) is 0 Å². The highest BCUT2D eigenvalue weighted by atomic mass is 16.5. The third-order valence-electron chi connectivity index (χ3n) is 3.36. The van der Waals surface area contributed by atoms with Crippen LogP contribution in [0.2, 0.25) is 0 Å². The Morgan fingerprint density at radius 2 is 2.27 bits per heavy atom. The van der Waals surface area contributed by atoms with Crippen molar-refractivity contribution >= 4 is 5.97 Å². The first kappa shape index (κ1) is 10.9. The van der Waals surface area contributed by atoms with Crippen molar-refractivity contribution in [2.45, 2.75) is 31.7 Å². The van der Waals surface area contributed by atoms with Gasteiger partial charge in [-0.3, -0.25) is 4.79 Å². The van der Waals surface area contributed by atoms with Gasteiger partial charge in [0, 0.05) is 18.6 Å². The second-order valence-electron chi connectivity index (χ2n) is 4.56. The summed E-state index contributed by atoms with van der Waals surface area (Å²) in [6.45, 7) is 2.03. The number of carbonyl (C=O) groups is 1. The predicted octanol–water partition coefficient (Wildman–Crippen LogP) is 0.693. The quantitative estimate of drug-likeness (QED) is 0.701.